The summed E-state index contributed by atoms with van der Waals surface area (Å²) >= 11 is 7.07. The van der Waals surface area contributed by atoms with Crippen molar-refractivity contribution < 1.29 is 14.6 Å². The highest BCUT2D eigenvalue weighted by Gasteiger charge is 2.25. The minimum Gasteiger partial charge on any atom is -0.369 e. The van der Waals surface area contributed by atoms with E-state index < -0.39 is 10.0 Å². The number of rotatable bonds is 7. The van der Waals surface area contributed by atoms with Gasteiger partial charge in [-0.25, -0.2) is 13.4 Å². The standard InChI is InChI=1S/C22H21ClN6O3S2.H2/c23-16-2-1-15-7-9-29(20(15)11-16)13-21(30)26-17-8-10-28(12-17)18-3-5-19(6-4-18)34(31,32)27-22-24-14-25-33-22;/h1-7,9,11,14,17H,8,10,12-13H2,(H,26,30)(H,24,25,27);1H/t17-;/m0./s1. The lowest BCUT2D eigenvalue weighted by molar-refractivity contribution is -0.122. The van der Waals surface area contributed by atoms with E-state index in [-0.39, 0.29) is 29.9 Å². The monoisotopic (exact) mass is 518 g/mol. The third-order valence-corrected chi connectivity index (χ3v) is 8.00. The summed E-state index contributed by atoms with van der Waals surface area (Å²) < 4.78 is 33.1. The van der Waals surface area contributed by atoms with Crippen molar-refractivity contribution in [1.82, 2.24) is 19.2 Å². The van der Waals surface area contributed by atoms with Crippen LogP contribution in [0.15, 0.2) is 66.0 Å². The zero-order valence-electron chi connectivity index (χ0n) is 17.9. The highest BCUT2D eigenvalue weighted by Crippen LogP contribution is 2.24. The van der Waals surface area contributed by atoms with E-state index >= 15 is 0 Å². The first-order valence-corrected chi connectivity index (χ1v) is 13.2. The smallest absolute Gasteiger partial charge is 0.263 e. The van der Waals surface area contributed by atoms with Crippen LogP contribution in [0.5, 0.6) is 0 Å². The number of nitrogens with one attached hydrogen (secondary N) is 2. The highest BCUT2D eigenvalue weighted by molar-refractivity contribution is 7.93. The summed E-state index contributed by atoms with van der Waals surface area (Å²) in [6.45, 7) is 1.63. The van der Waals surface area contributed by atoms with Crippen LogP contribution in [0.2, 0.25) is 5.02 Å². The third kappa shape index (κ3) is 4.86. The zero-order valence-corrected chi connectivity index (χ0v) is 20.3. The van der Waals surface area contributed by atoms with Crippen LogP contribution < -0.4 is 14.9 Å². The fourth-order valence-corrected chi connectivity index (χ4v) is 5.89. The molecule has 1 amide bonds. The van der Waals surface area contributed by atoms with Crippen LogP contribution in [0.25, 0.3) is 10.9 Å². The van der Waals surface area contributed by atoms with Gasteiger partial charge in [0.15, 0.2) is 0 Å². The van der Waals surface area contributed by atoms with E-state index in [4.69, 9.17) is 11.6 Å². The molecule has 2 aromatic carbocycles. The largest absolute Gasteiger partial charge is 0.369 e. The first-order chi connectivity index (χ1) is 16.4. The molecule has 0 unspecified atom stereocenters. The van der Waals surface area contributed by atoms with Gasteiger partial charge in [-0.15, -0.1) is 0 Å². The molecule has 0 spiro atoms. The molecule has 12 heteroatoms. The maximum absolute atomic E-state index is 12.7. The molecule has 1 atom stereocenters. The molecule has 1 saturated heterocycles. The molecule has 9 nitrogen and oxygen atoms in total. The quantitative estimate of drug-likeness (QED) is 0.387. The molecular weight excluding hydrogens is 496 g/mol. The second kappa shape index (κ2) is 9.24. The molecule has 34 heavy (non-hydrogen) atoms. The summed E-state index contributed by atoms with van der Waals surface area (Å²) in [4.78, 5) is 18.8. The Balaban J connectivity index is 0.00000289. The molecule has 178 valence electrons. The lowest BCUT2D eigenvalue weighted by Crippen LogP contribution is -2.38. The van der Waals surface area contributed by atoms with Gasteiger partial charge in [0.2, 0.25) is 11.0 Å². The number of carbonyl (C=O) groups is 1. The van der Waals surface area contributed by atoms with Gasteiger partial charge in [-0.1, -0.05) is 17.7 Å². The van der Waals surface area contributed by atoms with E-state index in [1.165, 1.54) is 6.33 Å². The van der Waals surface area contributed by atoms with Crippen molar-refractivity contribution >= 4 is 60.8 Å². The third-order valence-electron chi connectivity index (χ3n) is 5.70. The average Bonchev–Trinajstić information content (AvgIpc) is 3.56. The second-order valence-corrected chi connectivity index (χ2v) is 10.9. The minimum absolute atomic E-state index is 0. The number of hydrogen-bond donors (Lipinski definition) is 2. The number of anilines is 2. The molecule has 0 radical (unpaired) electrons. The average molecular weight is 519 g/mol. The number of sulfonamides is 1. The van der Waals surface area contributed by atoms with Crippen LogP contribution in [-0.4, -0.2) is 47.4 Å². The highest BCUT2D eigenvalue weighted by atomic mass is 35.5. The molecule has 0 bridgehead atoms. The van der Waals surface area contributed by atoms with Gasteiger partial charge in [-0.2, -0.15) is 4.37 Å². The van der Waals surface area contributed by atoms with E-state index in [2.05, 4.69) is 24.3 Å². The van der Waals surface area contributed by atoms with Gasteiger partial charge in [0.05, 0.1) is 4.90 Å². The summed E-state index contributed by atoms with van der Waals surface area (Å²) in [5.41, 5.74) is 1.82. The van der Waals surface area contributed by atoms with Gasteiger partial charge in [-0.3, -0.25) is 9.52 Å². The predicted octanol–water partition coefficient (Wildman–Crippen LogP) is 3.59. The first kappa shape index (κ1) is 22.6. The zero-order chi connectivity index (χ0) is 23.7. The molecule has 1 aliphatic heterocycles. The molecule has 2 aromatic heterocycles. The van der Waals surface area contributed by atoms with E-state index in [0.29, 0.717) is 11.6 Å². The number of halogens is 1. The number of carbonyl (C=O) groups excluding carboxylic acids is 1. The maximum atomic E-state index is 12.7. The van der Waals surface area contributed by atoms with Crippen LogP contribution in [0.3, 0.4) is 0 Å². The second-order valence-electron chi connectivity index (χ2n) is 7.99. The molecule has 4 aromatic rings. The van der Waals surface area contributed by atoms with E-state index in [9.17, 15) is 13.2 Å². The summed E-state index contributed by atoms with van der Waals surface area (Å²) in [6, 6.07) is 14.3. The van der Waals surface area contributed by atoms with Crippen LogP contribution in [0, 0.1) is 0 Å². The van der Waals surface area contributed by atoms with Gasteiger partial charge >= 0.3 is 0 Å². The van der Waals surface area contributed by atoms with Gasteiger partial charge in [0.25, 0.3) is 10.0 Å². The number of amides is 1. The lowest BCUT2D eigenvalue weighted by Gasteiger charge is -2.19. The first-order valence-electron chi connectivity index (χ1n) is 10.6. The van der Waals surface area contributed by atoms with Crippen molar-refractivity contribution in [2.24, 2.45) is 0 Å². The van der Waals surface area contributed by atoms with Crippen LogP contribution in [0.4, 0.5) is 10.8 Å². The van der Waals surface area contributed by atoms with Crippen molar-refractivity contribution in [3.8, 4) is 0 Å². The molecule has 0 aliphatic carbocycles. The number of benzene rings is 2. The van der Waals surface area contributed by atoms with Crippen molar-refractivity contribution in [3.05, 3.63) is 66.1 Å². The fourth-order valence-electron chi connectivity index (χ4n) is 4.06. The Bertz CT molecular complexity index is 1430. The van der Waals surface area contributed by atoms with Crippen LogP contribution >= 0.6 is 23.1 Å². The molecule has 1 fully saturated rings. The predicted molar refractivity (Wildman–Crippen MR) is 135 cm³/mol. The summed E-state index contributed by atoms with van der Waals surface area (Å²) in [5, 5.41) is 4.99. The normalized spacial score (nSPS) is 16.1. The van der Waals surface area contributed by atoms with Crippen molar-refractivity contribution in [2.45, 2.75) is 23.9 Å². The molecule has 1 aliphatic rings. The van der Waals surface area contributed by atoms with Crippen LogP contribution in [0.1, 0.15) is 7.85 Å². The molecule has 2 N–H and O–H groups in total. The number of fused-ring (bicyclic) bond motifs is 1. The van der Waals surface area contributed by atoms with E-state index in [0.717, 1.165) is 41.1 Å². The maximum Gasteiger partial charge on any atom is 0.263 e. The summed E-state index contributed by atoms with van der Waals surface area (Å²) in [7, 11) is -3.72. The van der Waals surface area contributed by atoms with Crippen LogP contribution in [-0.2, 0) is 21.4 Å². The Morgan fingerprint density at radius 1 is 1.21 bits per heavy atom. The number of nitrogens with zero attached hydrogens (tertiary/aromatic N) is 4. The Hall–Kier alpha value is -3.15. The molecule has 0 saturated carbocycles. The Kier molecular flexibility index (Phi) is 6.15. The van der Waals surface area contributed by atoms with E-state index in [1.807, 2.05) is 35.0 Å². The minimum atomic E-state index is -3.72. The van der Waals surface area contributed by atoms with Gasteiger partial charge < -0.3 is 14.8 Å². The molecule has 5 rings (SSSR count). The van der Waals surface area contributed by atoms with Gasteiger partial charge in [0, 0.05) is 54.5 Å². The fraction of sp³-hybridized carbons (Fsp3) is 0.227. The summed E-state index contributed by atoms with van der Waals surface area (Å²) in [5.74, 6) is -0.0616. The van der Waals surface area contributed by atoms with Crippen molar-refractivity contribution in [3.63, 3.8) is 0 Å². The Labute approximate surface area is 207 Å². The van der Waals surface area contributed by atoms with Gasteiger partial charge in [-0.05, 0) is 54.3 Å². The van der Waals surface area contributed by atoms with Gasteiger partial charge in [0.1, 0.15) is 12.9 Å². The SMILES string of the molecule is O=C(Cn1ccc2ccc(Cl)cc21)N[C@H]1CCN(c2ccc(S(=O)(=O)Nc3ncns3)cc2)C1.[HH]. The topological polar surface area (TPSA) is 109 Å². The number of aromatic nitrogens is 3. The van der Waals surface area contributed by atoms with E-state index in [1.54, 1.807) is 24.3 Å². The Morgan fingerprint density at radius 2 is 2.03 bits per heavy atom. The lowest BCUT2D eigenvalue weighted by atomic mass is 10.2. The molecule has 3 heterocycles. The number of hydrogen-bond acceptors (Lipinski definition) is 7. The summed E-state index contributed by atoms with van der Waals surface area (Å²) in [6.07, 6.45) is 3.99. The Morgan fingerprint density at radius 3 is 2.79 bits per heavy atom. The van der Waals surface area contributed by atoms with Crippen molar-refractivity contribution in [1.29, 1.82) is 0 Å². The van der Waals surface area contributed by atoms with Crippen molar-refractivity contribution in [2.75, 3.05) is 22.7 Å². The molecular formula is C22H23ClN6O3S2.